The zero-order chi connectivity index (χ0) is 19.8. The van der Waals surface area contributed by atoms with Crippen molar-refractivity contribution < 1.29 is 4.74 Å². The van der Waals surface area contributed by atoms with E-state index in [1.807, 2.05) is 31.2 Å². The van der Waals surface area contributed by atoms with E-state index in [0.29, 0.717) is 27.2 Å². The topological polar surface area (TPSA) is 42.1 Å². The molecule has 0 bridgehead atoms. The Morgan fingerprint density at radius 3 is 2.29 bits per heavy atom. The highest BCUT2D eigenvalue weighted by Gasteiger charge is 2.14. The first-order chi connectivity index (χ1) is 13.5. The van der Waals surface area contributed by atoms with E-state index in [2.05, 4.69) is 36.2 Å². The fourth-order valence-corrected chi connectivity index (χ4v) is 3.87. The van der Waals surface area contributed by atoms with Crippen LogP contribution in [0.2, 0.25) is 5.02 Å². The molecule has 140 valence electrons. The number of H-pyrrole nitrogens is 1. The molecule has 0 saturated heterocycles. The average Bonchev–Trinajstić information content (AvgIpc) is 2.69. The van der Waals surface area contributed by atoms with Crippen LogP contribution in [0.1, 0.15) is 11.3 Å². The number of aromatic amines is 1. The predicted molar refractivity (Wildman–Crippen MR) is 116 cm³/mol. The van der Waals surface area contributed by atoms with Gasteiger partial charge in [-0.15, -0.1) is 0 Å². The van der Waals surface area contributed by atoms with Crippen LogP contribution in [-0.4, -0.2) is 12.1 Å². The highest BCUT2D eigenvalue weighted by Crippen LogP contribution is 2.31. The van der Waals surface area contributed by atoms with Gasteiger partial charge in [0, 0.05) is 22.7 Å². The summed E-state index contributed by atoms with van der Waals surface area (Å²) in [6, 6.07) is 19.8. The van der Waals surface area contributed by atoms with Gasteiger partial charge in [-0.1, -0.05) is 60.1 Å². The number of halogens is 1. The van der Waals surface area contributed by atoms with Crippen molar-refractivity contribution >= 4 is 22.5 Å². The van der Waals surface area contributed by atoms with E-state index in [4.69, 9.17) is 16.3 Å². The van der Waals surface area contributed by atoms with Crippen molar-refractivity contribution in [2.75, 3.05) is 7.11 Å². The fraction of sp³-hybridized carbons (Fsp3) is 0.125. The Balaban J connectivity index is 1.85. The maximum atomic E-state index is 13.2. The number of aromatic nitrogens is 1. The van der Waals surface area contributed by atoms with Crippen molar-refractivity contribution in [3.63, 3.8) is 0 Å². The highest BCUT2D eigenvalue weighted by atomic mass is 35.5. The van der Waals surface area contributed by atoms with Gasteiger partial charge in [0.1, 0.15) is 5.75 Å². The van der Waals surface area contributed by atoms with Crippen molar-refractivity contribution in [3.8, 4) is 28.0 Å². The van der Waals surface area contributed by atoms with E-state index in [9.17, 15) is 4.79 Å². The summed E-state index contributed by atoms with van der Waals surface area (Å²) in [5.41, 5.74) is 6.56. The summed E-state index contributed by atoms with van der Waals surface area (Å²) in [5, 5.41) is 0.972. The van der Waals surface area contributed by atoms with Gasteiger partial charge in [0.15, 0.2) is 5.43 Å². The molecule has 0 aliphatic carbocycles. The average molecular weight is 390 g/mol. The Morgan fingerprint density at radius 2 is 1.61 bits per heavy atom. The van der Waals surface area contributed by atoms with Crippen LogP contribution < -0.4 is 10.2 Å². The molecular formula is C24H20ClNO2. The number of pyridine rings is 1. The number of ether oxygens (including phenoxy) is 1. The molecule has 0 spiro atoms. The van der Waals surface area contributed by atoms with Gasteiger partial charge in [0.05, 0.1) is 17.6 Å². The molecule has 0 fully saturated rings. The zero-order valence-electron chi connectivity index (χ0n) is 16.0. The van der Waals surface area contributed by atoms with Gasteiger partial charge >= 0.3 is 0 Å². The molecule has 0 unspecified atom stereocenters. The van der Waals surface area contributed by atoms with Gasteiger partial charge in [-0.2, -0.15) is 0 Å². The summed E-state index contributed by atoms with van der Waals surface area (Å²) in [6.45, 7) is 4.01. The van der Waals surface area contributed by atoms with Crippen molar-refractivity contribution in [2.24, 2.45) is 0 Å². The van der Waals surface area contributed by atoms with E-state index in [0.717, 1.165) is 16.8 Å². The number of hydrogen-bond donors (Lipinski definition) is 1. The van der Waals surface area contributed by atoms with Gasteiger partial charge < -0.3 is 9.72 Å². The molecule has 1 heterocycles. The van der Waals surface area contributed by atoms with Crippen LogP contribution in [0.15, 0.2) is 65.5 Å². The van der Waals surface area contributed by atoms with Crippen LogP contribution in [0.5, 0.6) is 5.75 Å². The lowest BCUT2D eigenvalue weighted by Gasteiger charge is -2.12. The highest BCUT2D eigenvalue weighted by molar-refractivity contribution is 6.32. The van der Waals surface area contributed by atoms with Crippen LogP contribution in [0, 0.1) is 13.8 Å². The number of nitrogens with one attached hydrogen (secondary N) is 1. The number of methoxy groups -OCH3 is 1. The van der Waals surface area contributed by atoms with Gasteiger partial charge in [-0.05, 0) is 42.2 Å². The lowest BCUT2D eigenvalue weighted by Crippen LogP contribution is -2.10. The maximum Gasteiger partial charge on any atom is 0.197 e. The first kappa shape index (κ1) is 18.3. The van der Waals surface area contributed by atoms with Crippen LogP contribution in [0.3, 0.4) is 0 Å². The molecule has 1 aromatic heterocycles. The third-order valence-corrected chi connectivity index (χ3v) is 5.39. The summed E-state index contributed by atoms with van der Waals surface area (Å²) in [4.78, 5) is 16.5. The number of hydrogen-bond acceptors (Lipinski definition) is 2. The van der Waals surface area contributed by atoms with Crippen molar-refractivity contribution in [1.82, 2.24) is 4.98 Å². The summed E-state index contributed by atoms with van der Waals surface area (Å²) in [6.07, 6.45) is 0. The first-order valence-electron chi connectivity index (χ1n) is 9.06. The van der Waals surface area contributed by atoms with Gasteiger partial charge in [0.2, 0.25) is 0 Å². The lowest BCUT2D eigenvalue weighted by atomic mass is 9.96. The minimum atomic E-state index is -0.0422. The van der Waals surface area contributed by atoms with E-state index in [1.54, 1.807) is 19.2 Å². The zero-order valence-corrected chi connectivity index (χ0v) is 16.7. The Bertz CT molecular complexity index is 1240. The van der Waals surface area contributed by atoms with Crippen LogP contribution in [-0.2, 0) is 0 Å². The number of rotatable bonds is 3. The molecule has 28 heavy (non-hydrogen) atoms. The first-order valence-corrected chi connectivity index (χ1v) is 9.44. The van der Waals surface area contributed by atoms with Crippen molar-refractivity contribution in [1.29, 1.82) is 0 Å². The molecule has 4 heteroatoms. The summed E-state index contributed by atoms with van der Waals surface area (Å²) in [5.74, 6) is 0.541. The Hall–Kier alpha value is -3.04. The predicted octanol–water partition coefficient (Wildman–Crippen LogP) is 6.14. The molecule has 3 nitrogen and oxygen atoms in total. The van der Waals surface area contributed by atoms with E-state index >= 15 is 0 Å². The second-order valence-corrected chi connectivity index (χ2v) is 7.29. The van der Waals surface area contributed by atoms with Crippen LogP contribution >= 0.6 is 11.6 Å². The second-order valence-electron chi connectivity index (χ2n) is 6.88. The van der Waals surface area contributed by atoms with Crippen molar-refractivity contribution in [3.05, 3.63) is 87.2 Å². The molecule has 0 atom stereocenters. The Morgan fingerprint density at radius 1 is 0.929 bits per heavy atom. The third-order valence-electron chi connectivity index (χ3n) is 5.09. The van der Waals surface area contributed by atoms with Crippen LogP contribution in [0.4, 0.5) is 0 Å². The molecule has 4 aromatic rings. The van der Waals surface area contributed by atoms with Gasteiger partial charge in [-0.3, -0.25) is 4.79 Å². The standard InChI is InChI=1S/C24H20ClNO2/c1-14-6-4-5-7-18(14)16-8-10-17(11-9-16)23-15(2)26-21-13-22(28-3)20(25)12-19(21)24(23)27/h4-13H,1-3H3,(H,26,27). The molecule has 0 aliphatic rings. The van der Waals surface area contributed by atoms with E-state index in [-0.39, 0.29) is 5.43 Å². The molecule has 3 aromatic carbocycles. The third kappa shape index (κ3) is 3.08. The molecular weight excluding hydrogens is 370 g/mol. The maximum absolute atomic E-state index is 13.2. The minimum absolute atomic E-state index is 0.0422. The smallest absolute Gasteiger partial charge is 0.197 e. The van der Waals surface area contributed by atoms with Crippen molar-refractivity contribution in [2.45, 2.75) is 13.8 Å². The van der Waals surface area contributed by atoms with Gasteiger partial charge in [0.25, 0.3) is 0 Å². The monoisotopic (exact) mass is 389 g/mol. The largest absolute Gasteiger partial charge is 0.495 e. The molecule has 0 radical (unpaired) electrons. The SMILES string of the molecule is COc1cc2[nH]c(C)c(-c3ccc(-c4ccccc4C)cc3)c(=O)c2cc1Cl. The molecule has 1 N–H and O–H groups in total. The molecule has 0 saturated carbocycles. The Labute approximate surface area is 168 Å². The summed E-state index contributed by atoms with van der Waals surface area (Å²) in [7, 11) is 1.56. The number of fused-ring (bicyclic) bond motifs is 1. The minimum Gasteiger partial charge on any atom is -0.495 e. The van der Waals surface area contributed by atoms with Gasteiger partial charge in [-0.25, -0.2) is 0 Å². The van der Waals surface area contributed by atoms with Crippen LogP contribution in [0.25, 0.3) is 33.2 Å². The number of aryl methyl sites for hydroxylation is 2. The Kier molecular flexibility index (Phi) is 4.70. The quantitative estimate of drug-likeness (QED) is 0.457. The van der Waals surface area contributed by atoms with E-state index in [1.165, 1.54) is 11.1 Å². The molecule has 0 amide bonds. The lowest BCUT2D eigenvalue weighted by molar-refractivity contribution is 0.415. The fourth-order valence-electron chi connectivity index (χ4n) is 3.63. The number of benzene rings is 3. The molecule has 0 aliphatic heterocycles. The second kappa shape index (κ2) is 7.17. The summed E-state index contributed by atoms with van der Waals surface area (Å²) >= 11 is 6.24. The summed E-state index contributed by atoms with van der Waals surface area (Å²) < 4.78 is 5.26. The normalized spacial score (nSPS) is 11.0. The van der Waals surface area contributed by atoms with E-state index < -0.39 is 0 Å². The molecule has 4 rings (SSSR count).